The molecule has 1 aliphatic carbocycles. The molecule has 15 heteroatoms. The lowest BCUT2D eigenvalue weighted by Gasteiger charge is -2.45. The Morgan fingerprint density at radius 3 is 1.59 bits per heavy atom. The molecule has 0 aromatic rings. The third kappa shape index (κ3) is 11.1. The summed E-state index contributed by atoms with van der Waals surface area (Å²) < 4.78 is 100. The molecule has 2 saturated heterocycles. The van der Waals surface area contributed by atoms with Gasteiger partial charge in [0, 0.05) is 18.6 Å². The third-order valence-electron chi connectivity index (χ3n) is 5.90. The predicted molar refractivity (Wildman–Crippen MR) is 100.0 cm³/mol. The number of alkyl halides is 9. The summed E-state index contributed by atoms with van der Waals surface area (Å²) >= 11 is 0. The Hall–Kier alpha value is -1.77. The van der Waals surface area contributed by atoms with Gasteiger partial charge in [-0.15, -0.1) is 0 Å². The van der Waals surface area contributed by atoms with Crippen LogP contribution in [0.5, 0.6) is 0 Å². The molecule has 0 aromatic carbocycles. The van der Waals surface area contributed by atoms with Crippen molar-refractivity contribution in [1.29, 1.82) is 0 Å². The van der Waals surface area contributed by atoms with Gasteiger partial charge in [-0.25, -0.2) is 9.59 Å². The van der Waals surface area contributed by atoms with E-state index in [1.165, 1.54) is 38.8 Å². The molecule has 1 spiro atoms. The zero-order valence-corrected chi connectivity index (χ0v) is 18.1. The molecule has 1 saturated carbocycles. The minimum absolute atomic E-state index is 0.183. The minimum atomic E-state index is -5.08. The standard InChI is InChI=1S/C15H25F3N2.2C2HF3O2/c16-15(17,18)7-11-19-9-5-14(6-10-19)4-1-8-20(14)12-13-2-3-13;2*3-2(4,5)1(6)7/h13H,1-12H2;2*(H,6,7). The molecule has 0 unspecified atom stereocenters. The van der Waals surface area contributed by atoms with Crippen LogP contribution in [0.4, 0.5) is 39.5 Å². The maximum atomic E-state index is 12.3. The van der Waals surface area contributed by atoms with Gasteiger partial charge >= 0.3 is 30.5 Å². The Morgan fingerprint density at radius 2 is 1.24 bits per heavy atom. The summed E-state index contributed by atoms with van der Waals surface area (Å²) in [5, 5.41) is 14.2. The molecule has 0 atom stereocenters. The summed E-state index contributed by atoms with van der Waals surface area (Å²) in [4.78, 5) is 22.5. The van der Waals surface area contributed by atoms with Crippen LogP contribution in [-0.4, -0.2) is 88.7 Å². The Bertz CT molecular complexity index is 644. The lowest BCUT2D eigenvalue weighted by Crippen LogP contribution is -2.52. The SMILES string of the molecule is FC(F)(F)CCN1CCC2(CCCN2CC2CC2)CC1.O=C(O)C(F)(F)F.O=C(O)C(F)(F)F. The van der Waals surface area contributed by atoms with Crippen molar-refractivity contribution in [3.05, 3.63) is 0 Å². The van der Waals surface area contributed by atoms with Crippen molar-refractivity contribution in [2.75, 3.05) is 32.7 Å². The van der Waals surface area contributed by atoms with Gasteiger partial charge in [-0.2, -0.15) is 39.5 Å². The third-order valence-corrected chi connectivity index (χ3v) is 5.90. The normalized spacial score (nSPS) is 21.3. The van der Waals surface area contributed by atoms with Gasteiger partial charge in [0.1, 0.15) is 0 Å². The number of rotatable bonds is 4. The molecule has 2 heterocycles. The van der Waals surface area contributed by atoms with Gasteiger partial charge in [-0.3, -0.25) is 4.90 Å². The van der Waals surface area contributed by atoms with E-state index in [-0.39, 0.29) is 6.54 Å². The van der Waals surface area contributed by atoms with Crippen molar-refractivity contribution in [3.63, 3.8) is 0 Å². The number of carboxylic acids is 2. The second-order valence-electron chi connectivity index (χ2n) is 8.53. The molecule has 3 aliphatic rings. The molecule has 0 amide bonds. The summed E-state index contributed by atoms with van der Waals surface area (Å²) in [7, 11) is 0. The Labute approximate surface area is 189 Å². The fraction of sp³-hybridized carbons (Fsp3) is 0.895. The van der Waals surface area contributed by atoms with Gasteiger partial charge in [0.2, 0.25) is 0 Å². The van der Waals surface area contributed by atoms with E-state index < -0.39 is 36.9 Å². The molecular formula is C19H27F9N2O4. The van der Waals surface area contributed by atoms with Gasteiger partial charge in [0.15, 0.2) is 0 Å². The number of nitrogens with zero attached hydrogens (tertiary/aromatic N) is 2. The summed E-state index contributed by atoms with van der Waals surface area (Å²) in [5.74, 6) is -4.60. The Morgan fingerprint density at radius 1 is 0.794 bits per heavy atom. The number of hydrogen-bond acceptors (Lipinski definition) is 4. The van der Waals surface area contributed by atoms with Crippen LogP contribution < -0.4 is 0 Å². The number of halogens is 9. The van der Waals surface area contributed by atoms with Gasteiger partial charge in [0.05, 0.1) is 6.42 Å². The van der Waals surface area contributed by atoms with Crippen LogP contribution in [0.2, 0.25) is 0 Å². The summed E-state index contributed by atoms with van der Waals surface area (Å²) in [6.45, 7) is 4.32. The summed E-state index contributed by atoms with van der Waals surface area (Å²) in [6, 6.07) is 0. The Balaban J connectivity index is 0.000000343. The topological polar surface area (TPSA) is 81.1 Å². The van der Waals surface area contributed by atoms with Crippen LogP contribution >= 0.6 is 0 Å². The number of piperidine rings is 1. The monoisotopic (exact) mass is 518 g/mol. The molecule has 6 nitrogen and oxygen atoms in total. The zero-order chi connectivity index (χ0) is 26.4. The quantitative estimate of drug-likeness (QED) is 0.532. The number of carbonyl (C=O) groups is 2. The van der Waals surface area contributed by atoms with Crippen molar-refractivity contribution < 1.29 is 59.3 Å². The average Bonchev–Trinajstić information content (AvgIpc) is 3.42. The number of carboxylic acid groups (broad SMARTS) is 2. The van der Waals surface area contributed by atoms with Crippen LogP contribution in [0, 0.1) is 5.92 Å². The molecule has 0 bridgehead atoms. The number of likely N-dealkylation sites (tertiary alicyclic amines) is 2. The van der Waals surface area contributed by atoms with E-state index >= 15 is 0 Å². The van der Waals surface area contributed by atoms with Crippen LogP contribution in [-0.2, 0) is 9.59 Å². The van der Waals surface area contributed by atoms with E-state index in [2.05, 4.69) is 4.90 Å². The van der Waals surface area contributed by atoms with Gasteiger partial charge < -0.3 is 15.1 Å². The summed E-state index contributed by atoms with van der Waals surface area (Å²) in [6.07, 6.45) is -7.42. The smallest absolute Gasteiger partial charge is 0.475 e. The van der Waals surface area contributed by atoms with E-state index in [1.807, 2.05) is 4.90 Å². The van der Waals surface area contributed by atoms with Crippen molar-refractivity contribution in [3.8, 4) is 0 Å². The predicted octanol–water partition coefficient (Wildman–Crippen LogP) is 4.55. The highest BCUT2D eigenvalue weighted by Gasteiger charge is 2.44. The van der Waals surface area contributed by atoms with Crippen LogP contribution in [0.3, 0.4) is 0 Å². The fourth-order valence-corrected chi connectivity index (χ4v) is 3.94. The van der Waals surface area contributed by atoms with Crippen molar-refractivity contribution in [2.45, 2.75) is 69.0 Å². The van der Waals surface area contributed by atoms with Crippen LogP contribution in [0.25, 0.3) is 0 Å². The van der Waals surface area contributed by atoms with Crippen molar-refractivity contribution >= 4 is 11.9 Å². The molecule has 0 radical (unpaired) electrons. The molecule has 200 valence electrons. The average molecular weight is 518 g/mol. The highest BCUT2D eigenvalue weighted by molar-refractivity contribution is 5.73. The first-order valence-corrected chi connectivity index (χ1v) is 10.5. The van der Waals surface area contributed by atoms with Crippen LogP contribution in [0.1, 0.15) is 44.9 Å². The zero-order valence-electron chi connectivity index (χ0n) is 18.1. The first-order valence-electron chi connectivity index (χ1n) is 10.5. The lowest BCUT2D eigenvalue weighted by molar-refractivity contribution is -0.193. The van der Waals surface area contributed by atoms with E-state index in [0.717, 1.165) is 31.8 Å². The first kappa shape index (κ1) is 30.3. The molecule has 2 N–H and O–H groups in total. The van der Waals surface area contributed by atoms with Crippen molar-refractivity contribution in [1.82, 2.24) is 9.80 Å². The van der Waals surface area contributed by atoms with E-state index in [1.54, 1.807) is 0 Å². The molecule has 3 rings (SSSR count). The molecule has 0 aromatic heterocycles. The van der Waals surface area contributed by atoms with Gasteiger partial charge in [-0.05, 0) is 64.1 Å². The van der Waals surface area contributed by atoms with Gasteiger partial charge in [-0.1, -0.05) is 0 Å². The van der Waals surface area contributed by atoms with Crippen molar-refractivity contribution in [2.24, 2.45) is 5.92 Å². The van der Waals surface area contributed by atoms with E-state index in [9.17, 15) is 39.5 Å². The molecule has 34 heavy (non-hydrogen) atoms. The second-order valence-corrected chi connectivity index (χ2v) is 8.53. The number of hydrogen-bond donors (Lipinski definition) is 2. The highest BCUT2D eigenvalue weighted by Crippen LogP contribution is 2.41. The maximum absolute atomic E-state index is 12.3. The minimum Gasteiger partial charge on any atom is -0.475 e. The molecular weight excluding hydrogens is 491 g/mol. The lowest BCUT2D eigenvalue weighted by atomic mass is 9.84. The maximum Gasteiger partial charge on any atom is 0.490 e. The molecule has 3 fully saturated rings. The highest BCUT2D eigenvalue weighted by atomic mass is 19.4. The first-order chi connectivity index (χ1) is 15.4. The van der Waals surface area contributed by atoms with Gasteiger partial charge in [0.25, 0.3) is 0 Å². The second kappa shape index (κ2) is 11.8. The molecule has 2 aliphatic heterocycles. The van der Waals surface area contributed by atoms with E-state index in [0.29, 0.717) is 5.54 Å². The largest absolute Gasteiger partial charge is 0.490 e. The Kier molecular flexibility index (Phi) is 10.5. The van der Waals surface area contributed by atoms with Crippen LogP contribution in [0.15, 0.2) is 0 Å². The number of aliphatic carboxylic acids is 2. The fourth-order valence-electron chi connectivity index (χ4n) is 3.94. The van der Waals surface area contributed by atoms with E-state index in [4.69, 9.17) is 19.8 Å². The summed E-state index contributed by atoms with van der Waals surface area (Å²) in [5.41, 5.74) is 0.331.